The quantitative estimate of drug-likeness (QED) is 0.662. The third-order valence-corrected chi connectivity index (χ3v) is 1.49. The summed E-state index contributed by atoms with van der Waals surface area (Å²) in [7, 11) is 0. The van der Waals surface area contributed by atoms with Crippen molar-refractivity contribution in [2.24, 2.45) is 0 Å². The molecule has 1 nitrogen and oxygen atoms in total. The number of aryl methyl sites for hydroxylation is 1. The number of hydrogen-bond acceptors (Lipinski definition) is 1. The van der Waals surface area contributed by atoms with Gasteiger partial charge in [0.15, 0.2) is 0 Å². The molecule has 1 aromatic carbocycles. The van der Waals surface area contributed by atoms with Crippen LogP contribution in [-0.2, 0) is 0 Å². The van der Waals surface area contributed by atoms with Gasteiger partial charge < -0.3 is 4.74 Å². The summed E-state index contributed by atoms with van der Waals surface area (Å²) in [5.41, 5.74) is 1.13. The van der Waals surface area contributed by atoms with Crippen molar-refractivity contribution in [1.29, 1.82) is 0 Å². The van der Waals surface area contributed by atoms with Crippen LogP contribution < -0.4 is 4.74 Å². The maximum Gasteiger partial charge on any atom is 0.338 e. The fourth-order valence-corrected chi connectivity index (χ4v) is 1.01. The molecule has 1 rings (SSSR count). The van der Waals surface area contributed by atoms with E-state index in [0.29, 0.717) is 5.75 Å². The van der Waals surface area contributed by atoms with Gasteiger partial charge in [0.05, 0.1) is 0 Å². The van der Waals surface area contributed by atoms with Crippen molar-refractivity contribution in [3.63, 3.8) is 0 Å². The lowest BCUT2D eigenvalue weighted by Crippen LogP contribution is -2.12. The minimum Gasteiger partial charge on any atom is -0.446 e. The maximum atomic E-state index is 5.42. The van der Waals surface area contributed by atoms with Gasteiger partial charge in [0.2, 0.25) is 0 Å². The van der Waals surface area contributed by atoms with Crippen LogP contribution >= 0.6 is 34.8 Å². The van der Waals surface area contributed by atoms with Gasteiger partial charge in [0.1, 0.15) is 5.75 Å². The van der Waals surface area contributed by atoms with Crippen molar-refractivity contribution in [2.75, 3.05) is 0 Å². The van der Waals surface area contributed by atoms with Gasteiger partial charge in [-0.05, 0) is 53.9 Å². The second-order valence-corrected chi connectivity index (χ2v) is 4.54. The molecular weight excluding hydrogens is 218 g/mol. The molecule has 0 radical (unpaired) electrons. The summed E-state index contributed by atoms with van der Waals surface area (Å²) < 4.78 is 3.27. The van der Waals surface area contributed by atoms with Crippen LogP contribution in [0, 0.1) is 6.92 Å². The Hall–Kier alpha value is -0.110. The van der Waals surface area contributed by atoms with Gasteiger partial charge in [0, 0.05) is 0 Å². The molecule has 1 aromatic rings. The molecule has 0 N–H and O–H groups in total. The lowest BCUT2D eigenvalue weighted by atomic mass is 10.2. The zero-order valence-electron chi connectivity index (χ0n) is 6.35. The van der Waals surface area contributed by atoms with E-state index in [0.717, 1.165) is 5.56 Å². The number of rotatable bonds is 1. The van der Waals surface area contributed by atoms with E-state index in [1.54, 1.807) is 12.1 Å². The van der Waals surface area contributed by atoms with Crippen molar-refractivity contribution in [2.45, 2.75) is 10.9 Å². The fraction of sp³-hybridized carbons (Fsp3) is 0.250. The molecule has 0 saturated heterocycles. The number of alkyl halides is 3. The highest BCUT2D eigenvalue weighted by atomic mass is 35.6. The maximum absolute atomic E-state index is 5.42. The van der Waals surface area contributed by atoms with E-state index in [4.69, 9.17) is 39.5 Å². The van der Waals surface area contributed by atoms with Crippen LogP contribution in [-0.4, -0.2) is 3.98 Å². The van der Waals surface area contributed by atoms with Gasteiger partial charge in [-0.3, -0.25) is 0 Å². The van der Waals surface area contributed by atoms with Crippen molar-refractivity contribution in [3.05, 3.63) is 29.8 Å². The van der Waals surface area contributed by atoms with Crippen molar-refractivity contribution >= 4 is 34.8 Å². The van der Waals surface area contributed by atoms with Crippen molar-refractivity contribution in [3.8, 4) is 5.75 Å². The molecular formula is C8H7Cl3O. The molecule has 66 valence electrons. The normalized spacial score (nSPS) is 11.3. The Balaban J connectivity index is 2.71. The van der Waals surface area contributed by atoms with E-state index in [1.807, 2.05) is 19.1 Å². The van der Waals surface area contributed by atoms with Crippen LogP contribution in [0.1, 0.15) is 5.56 Å². The molecule has 0 unspecified atom stereocenters. The van der Waals surface area contributed by atoms with E-state index in [2.05, 4.69) is 0 Å². The first kappa shape index (κ1) is 9.97. The summed E-state index contributed by atoms with van der Waals surface area (Å²) in [6.45, 7) is 1.97. The molecule has 0 spiro atoms. The van der Waals surface area contributed by atoms with E-state index in [9.17, 15) is 0 Å². The summed E-state index contributed by atoms with van der Waals surface area (Å²) in [4.78, 5) is 0. The SMILES string of the molecule is Cc1ccc(OC(Cl)(Cl)Cl)cc1. The highest BCUT2D eigenvalue weighted by molar-refractivity contribution is 6.66. The van der Waals surface area contributed by atoms with Crippen LogP contribution in [0.25, 0.3) is 0 Å². The van der Waals surface area contributed by atoms with Gasteiger partial charge in [0.25, 0.3) is 0 Å². The highest BCUT2D eigenvalue weighted by Gasteiger charge is 2.21. The number of ether oxygens (including phenoxy) is 1. The molecule has 0 aliphatic rings. The number of halogens is 3. The standard InChI is InChI=1S/C8H7Cl3O/c1-6-2-4-7(5-3-6)12-8(9,10)11/h2-5H,1H3. The van der Waals surface area contributed by atoms with E-state index >= 15 is 0 Å². The molecule has 12 heavy (non-hydrogen) atoms. The Morgan fingerprint density at radius 2 is 1.58 bits per heavy atom. The molecule has 0 aromatic heterocycles. The smallest absolute Gasteiger partial charge is 0.338 e. The Bertz CT molecular complexity index is 250. The van der Waals surface area contributed by atoms with Gasteiger partial charge >= 0.3 is 3.98 Å². The molecule has 0 saturated carbocycles. The van der Waals surface area contributed by atoms with Crippen LogP contribution in [0.15, 0.2) is 24.3 Å². The highest BCUT2D eigenvalue weighted by Crippen LogP contribution is 2.29. The van der Waals surface area contributed by atoms with Gasteiger partial charge in [-0.2, -0.15) is 0 Å². The molecule has 0 heterocycles. The average molecular weight is 226 g/mol. The summed E-state index contributed by atoms with van der Waals surface area (Å²) in [6, 6.07) is 7.26. The van der Waals surface area contributed by atoms with Crippen LogP contribution in [0.4, 0.5) is 0 Å². The lowest BCUT2D eigenvalue weighted by molar-refractivity contribution is 0.320. The Morgan fingerprint density at radius 3 is 2.00 bits per heavy atom. The summed E-state index contributed by atoms with van der Waals surface area (Å²) in [5.74, 6) is 0.542. The van der Waals surface area contributed by atoms with Crippen molar-refractivity contribution in [1.82, 2.24) is 0 Å². The molecule has 0 bridgehead atoms. The van der Waals surface area contributed by atoms with Gasteiger partial charge in [-0.15, -0.1) is 0 Å². The monoisotopic (exact) mass is 224 g/mol. The molecule has 0 aliphatic heterocycles. The first-order valence-corrected chi connectivity index (χ1v) is 4.43. The zero-order valence-corrected chi connectivity index (χ0v) is 8.62. The summed E-state index contributed by atoms with van der Waals surface area (Å²) in [5, 5.41) is 0. The number of hydrogen-bond donors (Lipinski definition) is 0. The molecule has 0 amide bonds. The fourth-order valence-electron chi connectivity index (χ4n) is 0.740. The van der Waals surface area contributed by atoms with Crippen LogP contribution in [0.2, 0.25) is 0 Å². The Labute approximate surface area is 86.2 Å². The third kappa shape index (κ3) is 3.53. The van der Waals surface area contributed by atoms with E-state index < -0.39 is 3.98 Å². The lowest BCUT2D eigenvalue weighted by Gasteiger charge is -2.13. The topological polar surface area (TPSA) is 9.23 Å². The van der Waals surface area contributed by atoms with Crippen molar-refractivity contribution < 1.29 is 4.74 Å². The second kappa shape index (κ2) is 3.73. The third-order valence-electron chi connectivity index (χ3n) is 1.25. The van der Waals surface area contributed by atoms with Gasteiger partial charge in [-0.25, -0.2) is 0 Å². The average Bonchev–Trinajstić information content (AvgIpc) is 1.91. The minimum atomic E-state index is -1.69. The summed E-state index contributed by atoms with van der Waals surface area (Å²) >= 11 is 16.2. The Morgan fingerprint density at radius 1 is 1.08 bits per heavy atom. The zero-order chi connectivity index (χ0) is 9.19. The van der Waals surface area contributed by atoms with Crippen LogP contribution in [0.5, 0.6) is 5.75 Å². The van der Waals surface area contributed by atoms with Gasteiger partial charge in [-0.1, -0.05) is 17.7 Å². The Kier molecular flexibility index (Phi) is 3.10. The predicted octanol–water partition coefficient (Wildman–Crippen LogP) is 3.70. The molecule has 0 atom stereocenters. The predicted molar refractivity (Wildman–Crippen MR) is 52.1 cm³/mol. The number of benzene rings is 1. The van der Waals surface area contributed by atoms with Crippen LogP contribution in [0.3, 0.4) is 0 Å². The van der Waals surface area contributed by atoms with E-state index in [-0.39, 0.29) is 0 Å². The van der Waals surface area contributed by atoms with E-state index in [1.165, 1.54) is 0 Å². The molecule has 4 heteroatoms. The second-order valence-electron chi connectivity index (χ2n) is 2.36. The summed E-state index contributed by atoms with van der Waals surface area (Å²) in [6.07, 6.45) is 0. The first-order chi connectivity index (χ1) is 5.47. The first-order valence-electron chi connectivity index (χ1n) is 3.30. The minimum absolute atomic E-state index is 0.542. The largest absolute Gasteiger partial charge is 0.446 e. The molecule has 0 aliphatic carbocycles. The molecule has 0 fully saturated rings.